The number of anilines is 2. The van der Waals surface area contributed by atoms with Gasteiger partial charge in [-0.3, -0.25) is 9.10 Å². The Morgan fingerprint density at radius 2 is 1.73 bits per heavy atom. The second-order valence-corrected chi connectivity index (χ2v) is 9.88. The van der Waals surface area contributed by atoms with Gasteiger partial charge in [-0.1, -0.05) is 38.1 Å². The van der Waals surface area contributed by atoms with Crippen LogP contribution in [0.4, 0.5) is 11.4 Å². The number of carbonyl (C=O) groups is 1. The number of sulfonamides is 1. The molecule has 0 saturated carbocycles. The molecule has 33 heavy (non-hydrogen) atoms. The molecule has 172 valence electrons. The van der Waals surface area contributed by atoms with Gasteiger partial charge in [0.05, 0.1) is 30.5 Å². The maximum atomic E-state index is 13.5. The molecule has 0 atom stereocenters. The Morgan fingerprint density at radius 1 is 0.970 bits per heavy atom. The van der Waals surface area contributed by atoms with Crippen LogP contribution in [0.3, 0.4) is 0 Å². The highest BCUT2D eigenvalue weighted by Gasteiger charge is 2.36. The molecule has 0 unspecified atom stereocenters. The van der Waals surface area contributed by atoms with E-state index in [1.165, 1.54) is 18.5 Å². The van der Waals surface area contributed by atoms with Crippen molar-refractivity contribution in [1.29, 1.82) is 0 Å². The fraction of sp³-hybridized carbons (Fsp3) is 0.240. The van der Waals surface area contributed by atoms with Crippen LogP contribution >= 0.6 is 0 Å². The summed E-state index contributed by atoms with van der Waals surface area (Å²) in [4.78, 5) is 13.2. The SMILES string of the molecule is COc1ccc(NC(=O)CN2c3ccc(C(C)C)cc3-c3ccccc3S2(=O)=O)c(OC)c1. The smallest absolute Gasteiger partial charge is 0.265 e. The Kier molecular flexibility index (Phi) is 6.03. The van der Waals surface area contributed by atoms with Crippen molar-refractivity contribution in [3.8, 4) is 22.6 Å². The molecule has 1 N–H and O–H groups in total. The molecule has 0 fully saturated rings. The zero-order chi connectivity index (χ0) is 23.8. The summed E-state index contributed by atoms with van der Waals surface area (Å²) >= 11 is 0. The van der Waals surface area contributed by atoms with E-state index in [4.69, 9.17) is 9.47 Å². The number of nitrogens with one attached hydrogen (secondary N) is 1. The monoisotopic (exact) mass is 466 g/mol. The van der Waals surface area contributed by atoms with E-state index in [0.29, 0.717) is 28.4 Å². The molecule has 0 saturated heterocycles. The number of benzene rings is 3. The van der Waals surface area contributed by atoms with E-state index in [9.17, 15) is 13.2 Å². The van der Waals surface area contributed by atoms with Crippen LogP contribution in [0, 0.1) is 0 Å². The van der Waals surface area contributed by atoms with Crippen LogP contribution < -0.4 is 19.1 Å². The van der Waals surface area contributed by atoms with Crippen LogP contribution in [0.5, 0.6) is 11.5 Å². The predicted molar refractivity (Wildman–Crippen MR) is 129 cm³/mol. The van der Waals surface area contributed by atoms with Crippen molar-refractivity contribution in [1.82, 2.24) is 0 Å². The number of amides is 1. The predicted octanol–water partition coefficient (Wildman–Crippen LogP) is 4.64. The van der Waals surface area contributed by atoms with E-state index in [1.54, 1.807) is 42.5 Å². The highest BCUT2D eigenvalue weighted by molar-refractivity contribution is 7.93. The molecule has 0 aromatic heterocycles. The van der Waals surface area contributed by atoms with Crippen molar-refractivity contribution in [3.63, 3.8) is 0 Å². The van der Waals surface area contributed by atoms with Crippen LogP contribution in [0.1, 0.15) is 25.3 Å². The van der Waals surface area contributed by atoms with Gasteiger partial charge in [0.1, 0.15) is 18.0 Å². The minimum atomic E-state index is -3.92. The van der Waals surface area contributed by atoms with Crippen LogP contribution in [0.25, 0.3) is 11.1 Å². The van der Waals surface area contributed by atoms with Gasteiger partial charge in [0.25, 0.3) is 10.0 Å². The first kappa shape index (κ1) is 22.7. The van der Waals surface area contributed by atoms with Crippen LogP contribution in [-0.2, 0) is 14.8 Å². The normalized spacial score (nSPS) is 13.8. The number of carbonyl (C=O) groups excluding carboxylic acids is 1. The Hall–Kier alpha value is -3.52. The first-order valence-corrected chi connectivity index (χ1v) is 12.0. The third-order valence-corrected chi connectivity index (χ3v) is 7.49. The van der Waals surface area contributed by atoms with E-state index >= 15 is 0 Å². The summed E-state index contributed by atoms with van der Waals surface area (Å²) in [6, 6.07) is 17.6. The van der Waals surface area contributed by atoms with Gasteiger partial charge >= 0.3 is 0 Å². The fourth-order valence-electron chi connectivity index (χ4n) is 3.90. The van der Waals surface area contributed by atoms with Gasteiger partial charge in [-0.05, 0) is 41.8 Å². The zero-order valence-corrected chi connectivity index (χ0v) is 19.8. The molecule has 7 nitrogen and oxygen atoms in total. The minimum absolute atomic E-state index is 0.188. The summed E-state index contributed by atoms with van der Waals surface area (Å²) in [5, 5.41) is 2.76. The number of nitrogens with zero attached hydrogens (tertiary/aromatic N) is 1. The summed E-state index contributed by atoms with van der Waals surface area (Å²) in [6.07, 6.45) is 0. The molecule has 0 radical (unpaired) electrons. The third kappa shape index (κ3) is 4.14. The summed E-state index contributed by atoms with van der Waals surface area (Å²) in [7, 11) is -0.901. The molecule has 3 aromatic rings. The summed E-state index contributed by atoms with van der Waals surface area (Å²) in [5.41, 5.74) is 3.43. The van der Waals surface area contributed by atoms with Crippen molar-refractivity contribution in [2.45, 2.75) is 24.7 Å². The summed E-state index contributed by atoms with van der Waals surface area (Å²) < 4.78 is 38.7. The third-order valence-electron chi connectivity index (χ3n) is 5.67. The van der Waals surface area contributed by atoms with Gasteiger partial charge in [0.15, 0.2) is 0 Å². The maximum absolute atomic E-state index is 13.5. The lowest BCUT2D eigenvalue weighted by atomic mass is 9.95. The van der Waals surface area contributed by atoms with E-state index in [-0.39, 0.29) is 17.4 Å². The lowest BCUT2D eigenvalue weighted by Crippen LogP contribution is -2.40. The first-order valence-electron chi connectivity index (χ1n) is 10.5. The molecular formula is C25H26N2O5S. The van der Waals surface area contributed by atoms with E-state index < -0.39 is 15.9 Å². The molecule has 0 bridgehead atoms. The first-order chi connectivity index (χ1) is 15.8. The molecule has 8 heteroatoms. The standard InChI is InChI=1S/C25H26N2O5S/c1-16(2)17-9-12-22-20(13-17)19-7-5-6-8-24(19)33(29,30)27(22)15-25(28)26-21-11-10-18(31-3)14-23(21)32-4/h5-14,16H,15H2,1-4H3,(H,26,28). The Morgan fingerprint density at radius 3 is 2.42 bits per heavy atom. The molecule has 3 aromatic carbocycles. The number of rotatable bonds is 6. The number of ether oxygens (including phenoxy) is 2. The average Bonchev–Trinajstić information content (AvgIpc) is 2.81. The van der Waals surface area contributed by atoms with Crippen LogP contribution in [0.2, 0.25) is 0 Å². The van der Waals surface area contributed by atoms with E-state index in [2.05, 4.69) is 19.2 Å². The largest absolute Gasteiger partial charge is 0.497 e. The Bertz CT molecular complexity index is 1320. The molecule has 4 rings (SSSR count). The number of fused-ring (bicyclic) bond motifs is 3. The van der Waals surface area contributed by atoms with Crippen molar-refractivity contribution < 1.29 is 22.7 Å². The number of hydrogen-bond donors (Lipinski definition) is 1. The van der Waals surface area contributed by atoms with Gasteiger partial charge in [0, 0.05) is 17.2 Å². The van der Waals surface area contributed by atoms with Gasteiger partial charge < -0.3 is 14.8 Å². The Labute approximate surface area is 194 Å². The zero-order valence-electron chi connectivity index (χ0n) is 19.0. The van der Waals surface area contributed by atoms with Crippen LogP contribution in [0.15, 0.2) is 65.6 Å². The van der Waals surface area contributed by atoms with Crippen LogP contribution in [-0.4, -0.2) is 35.1 Å². The number of hydrogen-bond acceptors (Lipinski definition) is 5. The molecular weight excluding hydrogens is 440 g/mol. The molecule has 1 heterocycles. The fourth-order valence-corrected chi connectivity index (χ4v) is 5.55. The van der Waals surface area contributed by atoms with Gasteiger partial charge in [-0.25, -0.2) is 8.42 Å². The second-order valence-electron chi connectivity index (χ2n) is 8.05. The topological polar surface area (TPSA) is 84.9 Å². The van der Waals surface area contributed by atoms with Crippen molar-refractivity contribution in [2.24, 2.45) is 0 Å². The number of methoxy groups -OCH3 is 2. The van der Waals surface area contributed by atoms with Gasteiger partial charge in [0.2, 0.25) is 5.91 Å². The lowest BCUT2D eigenvalue weighted by molar-refractivity contribution is -0.114. The summed E-state index contributed by atoms with van der Waals surface area (Å²) in [6.45, 7) is 3.79. The highest BCUT2D eigenvalue weighted by atomic mass is 32.2. The van der Waals surface area contributed by atoms with Crippen molar-refractivity contribution in [2.75, 3.05) is 30.4 Å². The van der Waals surface area contributed by atoms with E-state index in [1.807, 2.05) is 18.2 Å². The quantitative estimate of drug-likeness (QED) is 0.572. The van der Waals surface area contributed by atoms with Crippen molar-refractivity contribution in [3.05, 3.63) is 66.2 Å². The van der Waals surface area contributed by atoms with Crippen molar-refractivity contribution >= 4 is 27.3 Å². The molecule has 1 amide bonds. The van der Waals surface area contributed by atoms with Gasteiger partial charge in [-0.2, -0.15) is 0 Å². The van der Waals surface area contributed by atoms with Gasteiger partial charge in [-0.15, -0.1) is 0 Å². The average molecular weight is 467 g/mol. The second kappa shape index (κ2) is 8.78. The molecule has 0 aliphatic carbocycles. The minimum Gasteiger partial charge on any atom is -0.497 e. The maximum Gasteiger partial charge on any atom is 0.265 e. The Balaban J connectivity index is 1.72. The highest BCUT2D eigenvalue weighted by Crippen LogP contribution is 2.44. The summed E-state index contributed by atoms with van der Waals surface area (Å²) in [5.74, 6) is 0.784. The molecule has 1 aliphatic heterocycles. The lowest BCUT2D eigenvalue weighted by Gasteiger charge is -2.32. The molecule has 1 aliphatic rings. The van der Waals surface area contributed by atoms with E-state index in [0.717, 1.165) is 11.1 Å². The molecule has 0 spiro atoms.